The highest BCUT2D eigenvalue weighted by molar-refractivity contribution is 14.1. The van der Waals surface area contributed by atoms with Crippen LogP contribution in [-0.4, -0.2) is 6.54 Å². The van der Waals surface area contributed by atoms with Crippen LogP contribution >= 0.6 is 22.6 Å². The molecule has 94 valence electrons. The predicted molar refractivity (Wildman–Crippen MR) is 82.2 cm³/mol. The lowest BCUT2D eigenvalue weighted by Gasteiger charge is -2.09. The van der Waals surface area contributed by atoms with Crippen LogP contribution in [0, 0.1) is 9.39 Å². The summed E-state index contributed by atoms with van der Waals surface area (Å²) in [5.41, 5.74) is 8.66. The number of halogens is 2. The van der Waals surface area contributed by atoms with Crippen molar-refractivity contribution in [1.82, 2.24) is 0 Å². The Bertz CT molecular complexity index is 526. The average molecular weight is 356 g/mol. The zero-order chi connectivity index (χ0) is 13.0. The first-order chi connectivity index (χ1) is 8.65. The van der Waals surface area contributed by atoms with E-state index in [1.165, 1.54) is 12.1 Å². The predicted octanol–water partition coefficient (Wildman–Crippen LogP) is 3.67. The third kappa shape index (κ3) is 3.60. The van der Waals surface area contributed by atoms with Gasteiger partial charge in [0, 0.05) is 21.5 Å². The summed E-state index contributed by atoms with van der Waals surface area (Å²) in [6.45, 7) is 0.811. The summed E-state index contributed by atoms with van der Waals surface area (Å²) in [5, 5.41) is 3.35. The lowest BCUT2D eigenvalue weighted by molar-refractivity contribution is 0.627. The molecule has 0 amide bonds. The van der Waals surface area contributed by atoms with E-state index in [4.69, 9.17) is 5.73 Å². The van der Waals surface area contributed by atoms with E-state index in [9.17, 15) is 4.39 Å². The molecule has 0 aliphatic heterocycles. The molecule has 2 nitrogen and oxygen atoms in total. The molecule has 0 aliphatic rings. The lowest BCUT2D eigenvalue weighted by atomic mass is 10.1. The van der Waals surface area contributed by atoms with Gasteiger partial charge in [0.05, 0.1) is 0 Å². The van der Waals surface area contributed by atoms with Crippen LogP contribution in [-0.2, 0) is 6.42 Å². The van der Waals surface area contributed by atoms with Gasteiger partial charge in [-0.15, -0.1) is 0 Å². The second kappa shape index (κ2) is 6.04. The van der Waals surface area contributed by atoms with Crippen LogP contribution in [0.5, 0.6) is 0 Å². The molecule has 0 spiro atoms. The Balaban J connectivity index is 1.90. The molecule has 0 heterocycles. The van der Waals surface area contributed by atoms with Crippen molar-refractivity contribution >= 4 is 34.0 Å². The van der Waals surface area contributed by atoms with Crippen molar-refractivity contribution in [2.24, 2.45) is 0 Å². The smallest absolute Gasteiger partial charge is 0.123 e. The molecule has 2 aromatic rings. The Kier molecular flexibility index (Phi) is 4.41. The highest BCUT2D eigenvalue weighted by Crippen LogP contribution is 2.20. The molecule has 0 radical (unpaired) electrons. The van der Waals surface area contributed by atoms with Gasteiger partial charge < -0.3 is 11.1 Å². The van der Waals surface area contributed by atoms with Crippen molar-refractivity contribution in [3.63, 3.8) is 0 Å². The average Bonchev–Trinajstić information content (AvgIpc) is 2.34. The fourth-order valence-corrected chi connectivity index (χ4v) is 2.40. The van der Waals surface area contributed by atoms with Gasteiger partial charge in [-0.2, -0.15) is 0 Å². The minimum Gasteiger partial charge on any atom is -0.399 e. The summed E-state index contributed by atoms with van der Waals surface area (Å²) in [6, 6.07) is 12.4. The van der Waals surface area contributed by atoms with Gasteiger partial charge in [0.15, 0.2) is 0 Å². The van der Waals surface area contributed by atoms with Gasteiger partial charge >= 0.3 is 0 Å². The Morgan fingerprint density at radius 1 is 1.11 bits per heavy atom. The maximum absolute atomic E-state index is 12.7. The van der Waals surface area contributed by atoms with Gasteiger partial charge in [-0.25, -0.2) is 4.39 Å². The third-order valence-electron chi connectivity index (χ3n) is 2.64. The van der Waals surface area contributed by atoms with E-state index in [-0.39, 0.29) is 5.82 Å². The number of nitrogens with two attached hydrogens (primary N) is 1. The third-order valence-corrected chi connectivity index (χ3v) is 3.53. The Labute approximate surface area is 120 Å². The summed E-state index contributed by atoms with van der Waals surface area (Å²) in [5.74, 6) is -0.195. The summed E-state index contributed by atoms with van der Waals surface area (Å²) in [7, 11) is 0. The van der Waals surface area contributed by atoms with Crippen LogP contribution in [0.1, 0.15) is 5.56 Å². The zero-order valence-corrected chi connectivity index (χ0v) is 11.9. The van der Waals surface area contributed by atoms with Gasteiger partial charge in [-0.05, 0) is 64.9 Å². The van der Waals surface area contributed by atoms with E-state index in [0.717, 1.165) is 33.5 Å². The standard InChI is InChI=1S/C14H14FIN2/c15-11-3-1-10(2-4-11)7-8-18-14-6-5-12(17)9-13(14)16/h1-6,9,18H,7-8,17H2. The monoisotopic (exact) mass is 356 g/mol. The molecule has 0 aromatic heterocycles. The molecule has 4 heteroatoms. The summed E-state index contributed by atoms with van der Waals surface area (Å²) in [6.07, 6.45) is 0.862. The number of benzene rings is 2. The topological polar surface area (TPSA) is 38.0 Å². The molecule has 2 aromatic carbocycles. The molecule has 3 N–H and O–H groups in total. The van der Waals surface area contributed by atoms with E-state index in [2.05, 4.69) is 27.9 Å². The number of hydrogen-bond donors (Lipinski definition) is 2. The zero-order valence-electron chi connectivity index (χ0n) is 9.79. The van der Waals surface area contributed by atoms with Crippen molar-refractivity contribution in [2.45, 2.75) is 6.42 Å². The van der Waals surface area contributed by atoms with Gasteiger partial charge in [0.2, 0.25) is 0 Å². The van der Waals surface area contributed by atoms with Crippen molar-refractivity contribution in [2.75, 3.05) is 17.6 Å². The number of hydrogen-bond acceptors (Lipinski definition) is 2. The van der Waals surface area contributed by atoms with Crippen molar-refractivity contribution in [1.29, 1.82) is 0 Å². The molecule has 0 fully saturated rings. The number of rotatable bonds is 4. The van der Waals surface area contributed by atoms with E-state index < -0.39 is 0 Å². The highest BCUT2D eigenvalue weighted by Gasteiger charge is 2.00. The molecular weight excluding hydrogens is 342 g/mol. The van der Waals surface area contributed by atoms with Crippen LogP contribution in [0.25, 0.3) is 0 Å². The van der Waals surface area contributed by atoms with Gasteiger partial charge in [-0.3, -0.25) is 0 Å². The van der Waals surface area contributed by atoms with E-state index >= 15 is 0 Å². The molecule has 0 aliphatic carbocycles. The van der Waals surface area contributed by atoms with Crippen LogP contribution < -0.4 is 11.1 Å². The minimum atomic E-state index is -0.195. The van der Waals surface area contributed by atoms with Crippen LogP contribution in [0.4, 0.5) is 15.8 Å². The van der Waals surface area contributed by atoms with Crippen molar-refractivity contribution in [3.05, 3.63) is 57.4 Å². The number of anilines is 2. The summed E-state index contributed by atoms with van der Waals surface area (Å²) >= 11 is 2.25. The largest absolute Gasteiger partial charge is 0.399 e. The summed E-state index contributed by atoms with van der Waals surface area (Å²) < 4.78 is 13.8. The van der Waals surface area contributed by atoms with E-state index in [1.807, 2.05) is 30.3 Å². The summed E-state index contributed by atoms with van der Waals surface area (Å²) in [4.78, 5) is 0. The highest BCUT2D eigenvalue weighted by atomic mass is 127. The fraction of sp³-hybridized carbons (Fsp3) is 0.143. The van der Waals surface area contributed by atoms with Gasteiger partial charge in [0.1, 0.15) is 5.82 Å². The Morgan fingerprint density at radius 3 is 2.50 bits per heavy atom. The number of nitrogen functional groups attached to an aromatic ring is 1. The van der Waals surface area contributed by atoms with Gasteiger partial charge in [-0.1, -0.05) is 12.1 Å². The molecule has 18 heavy (non-hydrogen) atoms. The van der Waals surface area contributed by atoms with Gasteiger partial charge in [0.25, 0.3) is 0 Å². The maximum Gasteiger partial charge on any atom is 0.123 e. The van der Waals surface area contributed by atoms with Crippen LogP contribution in [0.15, 0.2) is 42.5 Å². The number of nitrogens with one attached hydrogen (secondary N) is 1. The first-order valence-electron chi connectivity index (χ1n) is 5.68. The molecule has 0 bridgehead atoms. The molecular formula is C14H14FIN2. The Hall–Kier alpha value is -1.30. The van der Waals surface area contributed by atoms with Crippen molar-refractivity contribution in [3.8, 4) is 0 Å². The second-order valence-corrected chi connectivity index (χ2v) is 5.20. The van der Waals surface area contributed by atoms with E-state index in [1.54, 1.807) is 0 Å². The van der Waals surface area contributed by atoms with Crippen LogP contribution in [0.3, 0.4) is 0 Å². The van der Waals surface area contributed by atoms with Crippen LogP contribution in [0.2, 0.25) is 0 Å². The fourth-order valence-electron chi connectivity index (χ4n) is 1.67. The molecule has 0 saturated heterocycles. The first kappa shape index (κ1) is 13.1. The van der Waals surface area contributed by atoms with E-state index in [0.29, 0.717) is 0 Å². The SMILES string of the molecule is Nc1ccc(NCCc2ccc(F)cc2)c(I)c1. The maximum atomic E-state index is 12.7. The molecule has 2 rings (SSSR count). The molecule has 0 unspecified atom stereocenters. The Morgan fingerprint density at radius 2 is 1.83 bits per heavy atom. The first-order valence-corrected chi connectivity index (χ1v) is 6.76. The normalized spacial score (nSPS) is 10.3. The second-order valence-electron chi connectivity index (χ2n) is 4.04. The minimum absolute atomic E-state index is 0.195. The van der Waals surface area contributed by atoms with Crippen molar-refractivity contribution < 1.29 is 4.39 Å². The lowest BCUT2D eigenvalue weighted by Crippen LogP contribution is -2.06. The molecule has 0 atom stereocenters. The quantitative estimate of drug-likeness (QED) is 0.648. The molecule has 0 saturated carbocycles.